The molecule has 2 atom stereocenters. The van der Waals surface area contributed by atoms with Gasteiger partial charge in [-0.1, -0.05) is 6.92 Å². The topological polar surface area (TPSA) is 63.6 Å². The van der Waals surface area contributed by atoms with E-state index >= 15 is 0 Å². The summed E-state index contributed by atoms with van der Waals surface area (Å²) in [7, 11) is -2.92. The number of aliphatic hydroxyl groups is 1. The SMILES string of the molecule is CCOC(CC)C(O)CCCS(C)(=O)=O. The van der Waals surface area contributed by atoms with Crippen molar-refractivity contribution in [2.24, 2.45) is 0 Å². The quantitative estimate of drug-likeness (QED) is 0.685. The Kier molecular flexibility index (Phi) is 7.13. The number of sulfone groups is 1. The fourth-order valence-corrected chi connectivity index (χ4v) is 2.15. The maximum absolute atomic E-state index is 10.9. The molecule has 0 heterocycles. The van der Waals surface area contributed by atoms with E-state index in [9.17, 15) is 13.5 Å². The van der Waals surface area contributed by atoms with Gasteiger partial charge in [0.1, 0.15) is 9.84 Å². The molecule has 2 unspecified atom stereocenters. The molecule has 1 N–H and O–H groups in total. The van der Waals surface area contributed by atoms with Crippen molar-refractivity contribution in [3.8, 4) is 0 Å². The summed E-state index contributed by atoms with van der Waals surface area (Å²) in [5.74, 6) is 0.132. The molecular weight excluding hydrogens is 216 g/mol. The zero-order valence-corrected chi connectivity index (χ0v) is 10.6. The average Bonchev–Trinajstić information content (AvgIpc) is 2.11. The Labute approximate surface area is 92.6 Å². The molecule has 15 heavy (non-hydrogen) atoms. The van der Waals surface area contributed by atoms with Crippen LogP contribution in [0.2, 0.25) is 0 Å². The van der Waals surface area contributed by atoms with Gasteiger partial charge in [-0.15, -0.1) is 0 Å². The molecule has 0 bridgehead atoms. The molecule has 0 rings (SSSR count). The Bertz CT molecular complexity index is 248. The normalized spacial score (nSPS) is 16.3. The van der Waals surface area contributed by atoms with Gasteiger partial charge in [0, 0.05) is 18.6 Å². The predicted molar refractivity (Wildman–Crippen MR) is 60.7 cm³/mol. The lowest BCUT2D eigenvalue weighted by Gasteiger charge is -2.21. The first-order valence-electron chi connectivity index (χ1n) is 5.38. The molecule has 0 spiro atoms. The van der Waals surface area contributed by atoms with Crippen LogP contribution in [0.4, 0.5) is 0 Å². The second-order valence-electron chi connectivity index (χ2n) is 3.74. The minimum Gasteiger partial charge on any atom is -0.390 e. The first-order valence-corrected chi connectivity index (χ1v) is 7.44. The van der Waals surface area contributed by atoms with E-state index in [0.717, 1.165) is 6.42 Å². The first-order chi connectivity index (χ1) is 6.90. The Balaban J connectivity index is 3.85. The summed E-state index contributed by atoms with van der Waals surface area (Å²) in [6.07, 6.45) is 2.19. The largest absolute Gasteiger partial charge is 0.390 e. The van der Waals surface area contributed by atoms with Crippen molar-refractivity contribution in [3.05, 3.63) is 0 Å². The molecule has 4 nitrogen and oxygen atoms in total. The molecule has 0 amide bonds. The van der Waals surface area contributed by atoms with Crippen LogP contribution in [0.5, 0.6) is 0 Å². The van der Waals surface area contributed by atoms with Gasteiger partial charge >= 0.3 is 0 Å². The molecule has 92 valence electrons. The minimum absolute atomic E-state index is 0.132. The van der Waals surface area contributed by atoms with Crippen molar-refractivity contribution < 1.29 is 18.3 Å². The van der Waals surface area contributed by atoms with Gasteiger partial charge in [0.2, 0.25) is 0 Å². The van der Waals surface area contributed by atoms with Gasteiger partial charge < -0.3 is 9.84 Å². The van der Waals surface area contributed by atoms with E-state index in [2.05, 4.69) is 0 Å². The monoisotopic (exact) mass is 238 g/mol. The highest BCUT2D eigenvalue weighted by atomic mass is 32.2. The van der Waals surface area contributed by atoms with Crippen LogP contribution in [-0.2, 0) is 14.6 Å². The molecule has 0 aliphatic heterocycles. The molecule has 0 saturated carbocycles. The van der Waals surface area contributed by atoms with E-state index in [4.69, 9.17) is 4.74 Å². The smallest absolute Gasteiger partial charge is 0.147 e. The molecule has 0 aromatic heterocycles. The lowest BCUT2D eigenvalue weighted by atomic mass is 10.1. The minimum atomic E-state index is -2.92. The van der Waals surface area contributed by atoms with Crippen LogP contribution in [0.3, 0.4) is 0 Å². The van der Waals surface area contributed by atoms with Crippen LogP contribution in [0.1, 0.15) is 33.1 Å². The highest BCUT2D eigenvalue weighted by molar-refractivity contribution is 7.90. The standard InChI is InChI=1S/C10H22O4S/c1-4-10(14-5-2)9(11)7-6-8-15(3,12)13/h9-11H,4-8H2,1-3H3. The number of aliphatic hydroxyl groups excluding tert-OH is 1. The predicted octanol–water partition coefficient (Wildman–Crippen LogP) is 0.987. The fourth-order valence-electron chi connectivity index (χ4n) is 1.46. The summed E-state index contributed by atoms with van der Waals surface area (Å²) < 4.78 is 27.1. The fraction of sp³-hybridized carbons (Fsp3) is 1.00. The molecule has 5 heteroatoms. The Morgan fingerprint density at radius 1 is 1.33 bits per heavy atom. The lowest BCUT2D eigenvalue weighted by molar-refractivity contribution is -0.0372. The third-order valence-corrected chi connectivity index (χ3v) is 3.26. The number of ether oxygens (including phenoxy) is 1. The molecule has 0 aliphatic carbocycles. The van der Waals surface area contributed by atoms with Gasteiger partial charge in [0.15, 0.2) is 0 Å². The summed E-state index contributed by atoms with van der Waals surface area (Å²) in [5.41, 5.74) is 0. The van der Waals surface area contributed by atoms with Gasteiger partial charge in [-0.2, -0.15) is 0 Å². The van der Waals surface area contributed by atoms with Crippen molar-refractivity contribution >= 4 is 9.84 Å². The second kappa shape index (κ2) is 7.19. The molecule has 0 saturated heterocycles. The van der Waals surface area contributed by atoms with Gasteiger partial charge in [0.25, 0.3) is 0 Å². The van der Waals surface area contributed by atoms with Crippen molar-refractivity contribution in [2.75, 3.05) is 18.6 Å². The van der Waals surface area contributed by atoms with E-state index in [1.165, 1.54) is 6.26 Å². The maximum Gasteiger partial charge on any atom is 0.147 e. The van der Waals surface area contributed by atoms with Crippen molar-refractivity contribution in [3.63, 3.8) is 0 Å². The van der Waals surface area contributed by atoms with E-state index in [1.54, 1.807) is 0 Å². The Hall–Kier alpha value is -0.130. The average molecular weight is 238 g/mol. The van der Waals surface area contributed by atoms with Gasteiger partial charge in [-0.3, -0.25) is 0 Å². The summed E-state index contributed by atoms with van der Waals surface area (Å²) >= 11 is 0. The van der Waals surface area contributed by atoms with Crippen LogP contribution in [0.15, 0.2) is 0 Å². The van der Waals surface area contributed by atoms with Gasteiger partial charge in [0.05, 0.1) is 12.2 Å². The lowest BCUT2D eigenvalue weighted by Crippen LogP contribution is -2.28. The van der Waals surface area contributed by atoms with E-state index < -0.39 is 15.9 Å². The van der Waals surface area contributed by atoms with Crippen molar-refractivity contribution in [1.82, 2.24) is 0 Å². The highest BCUT2D eigenvalue weighted by Gasteiger charge is 2.17. The first kappa shape index (κ1) is 14.9. The summed E-state index contributed by atoms with van der Waals surface area (Å²) in [5, 5.41) is 9.72. The zero-order chi connectivity index (χ0) is 11.9. The molecule has 0 fully saturated rings. The third-order valence-electron chi connectivity index (χ3n) is 2.23. The molecular formula is C10H22O4S. The zero-order valence-electron chi connectivity index (χ0n) is 9.77. The van der Waals surface area contributed by atoms with Gasteiger partial charge in [-0.05, 0) is 26.2 Å². The summed E-state index contributed by atoms with van der Waals surface area (Å²) in [4.78, 5) is 0. The Morgan fingerprint density at radius 2 is 1.93 bits per heavy atom. The van der Waals surface area contributed by atoms with E-state index in [-0.39, 0.29) is 11.9 Å². The highest BCUT2D eigenvalue weighted by Crippen LogP contribution is 2.10. The van der Waals surface area contributed by atoms with E-state index in [1.807, 2.05) is 13.8 Å². The number of hydrogen-bond acceptors (Lipinski definition) is 4. The molecule has 0 aliphatic rings. The maximum atomic E-state index is 10.9. The van der Waals surface area contributed by atoms with Crippen molar-refractivity contribution in [1.29, 1.82) is 0 Å². The van der Waals surface area contributed by atoms with Crippen LogP contribution < -0.4 is 0 Å². The molecule has 0 aromatic rings. The van der Waals surface area contributed by atoms with Crippen LogP contribution in [0, 0.1) is 0 Å². The van der Waals surface area contributed by atoms with Crippen molar-refractivity contribution in [2.45, 2.75) is 45.3 Å². The molecule has 0 radical (unpaired) electrons. The number of rotatable bonds is 8. The van der Waals surface area contributed by atoms with Gasteiger partial charge in [-0.25, -0.2) is 8.42 Å². The molecule has 0 aromatic carbocycles. The van der Waals surface area contributed by atoms with Crippen LogP contribution in [0.25, 0.3) is 0 Å². The summed E-state index contributed by atoms with van der Waals surface area (Å²) in [6.45, 7) is 4.40. The Morgan fingerprint density at radius 3 is 2.33 bits per heavy atom. The van der Waals surface area contributed by atoms with Crippen LogP contribution >= 0.6 is 0 Å². The third kappa shape index (κ3) is 7.76. The summed E-state index contributed by atoms with van der Waals surface area (Å²) in [6, 6.07) is 0. The number of hydrogen-bond donors (Lipinski definition) is 1. The van der Waals surface area contributed by atoms with Crippen LogP contribution in [-0.4, -0.2) is 44.3 Å². The van der Waals surface area contributed by atoms with E-state index in [0.29, 0.717) is 19.4 Å². The second-order valence-corrected chi connectivity index (χ2v) is 6.00.